The molecule has 83 valence electrons. The molecule has 0 spiro atoms. The number of nitrogens with zero attached hydrogens (tertiary/aromatic N) is 1. The van der Waals surface area contributed by atoms with E-state index in [0.717, 1.165) is 6.20 Å². The molecule has 0 aliphatic rings. The summed E-state index contributed by atoms with van der Waals surface area (Å²) >= 11 is 4.58. The first-order valence-electron chi connectivity index (χ1n) is 4.72. The second kappa shape index (κ2) is 6.00. The Hall–Kier alpha value is -0.880. The fourth-order valence-corrected chi connectivity index (χ4v) is 1.30. The molecule has 1 aromatic rings. The number of aromatic nitrogens is 2. The summed E-state index contributed by atoms with van der Waals surface area (Å²) in [5.74, 6) is -0.633. The average Bonchev–Trinajstić information content (AvgIpc) is 2.22. The van der Waals surface area contributed by atoms with Crippen molar-refractivity contribution in [1.82, 2.24) is 9.55 Å². The molecule has 8 heteroatoms. The number of hydrogen-bond donors (Lipinski definition) is 1. The van der Waals surface area contributed by atoms with Gasteiger partial charge in [0.15, 0.2) is 5.82 Å². The molecule has 0 bridgehead atoms. The molecule has 3 radical (unpaired) electrons. The predicted octanol–water partition coefficient (Wildman–Crippen LogP) is 0.614. The highest BCUT2D eigenvalue weighted by molar-refractivity contribution is 7.71. The van der Waals surface area contributed by atoms with Gasteiger partial charge >= 0.3 is 5.69 Å². The molecule has 0 fully saturated rings. The van der Waals surface area contributed by atoms with Crippen LogP contribution < -0.4 is 5.69 Å². The van der Waals surface area contributed by atoms with Crippen LogP contribution in [0.3, 0.4) is 0 Å². The Morgan fingerprint density at radius 3 is 3.12 bits per heavy atom. The Labute approximate surface area is 99.5 Å². The minimum atomic E-state index is -0.633. The third-order valence-corrected chi connectivity index (χ3v) is 2.23. The normalized spacial score (nSPS) is 12.4. The third kappa shape index (κ3) is 3.61. The van der Waals surface area contributed by atoms with E-state index >= 15 is 0 Å². The van der Waals surface area contributed by atoms with Crippen LogP contribution in [0, 0.1) is 10.5 Å². The summed E-state index contributed by atoms with van der Waals surface area (Å²) in [7, 11) is 7.02. The maximum atomic E-state index is 13.1. The largest absolute Gasteiger partial charge is 0.446 e. The predicted molar refractivity (Wildman–Crippen MR) is 62.7 cm³/mol. The van der Waals surface area contributed by atoms with Crippen LogP contribution in [0.4, 0.5) is 4.39 Å². The van der Waals surface area contributed by atoms with Crippen molar-refractivity contribution in [3.8, 4) is 0 Å². The van der Waals surface area contributed by atoms with Gasteiger partial charge in [-0.3, -0.25) is 9.55 Å². The van der Waals surface area contributed by atoms with E-state index in [0.29, 0.717) is 6.42 Å². The van der Waals surface area contributed by atoms with E-state index < -0.39 is 17.5 Å². The lowest BCUT2D eigenvalue weighted by molar-refractivity contribution is 0.275. The van der Waals surface area contributed by atoms with E-state index in [1.54, 1.807) is 6.82 Å². The molecule has 0 amide bonds. The lowest BCUT2D eigenvalue weighted by Crippen LogP contribution is -2.26. The number of aryl methyl sites for hydroxylation is 1. The van der Waals surface area contributed by atoms with Gasteiger partial charge in [0.2, 0.25) is 0 Å². The number of halogens is 1. The van der Waals surface area contributed by atoms with Gasteiger partial charge < -0.3 is 4.65 Å². The summed E-state index contributed by atoms with van der Waals surface area (Å²) in [6.07, 6.45) is 1.46. The zero-order valence-electron chi connectivity index (χ0n) is 8.77. The van der Waals surface area contributed by atoms with Gasteiger partial charge in [-0.05, 0) is 6.42 Å². The second-order valence-corrected chi connectivity index (χ2v) is 3.54. The maximum Gasteiger partial charge on any atom is 0.326 e. The van der Waals surface area contributed by atoms with E-state index in [2.05, 4.69) is 17.2 Å². The molecule has 1 atom stereocenters. The molecule has 1 aromatic heterocycles. The van der Waals surface area contributed by atoms with Crippen molar-refractivity contribution in [3.63, 3.8) is 0 Å². The van der Waals surface area contributed by atoms with Crippen LogP contribution in [0.15, 0.2) is 11.0 Å². The molecule has 0 saturated heterocycles. The van der Waals surface area contributed by atoms with Gasteiger partial charge in [0.05, 0.1) is 0 Å². The quantitative estimate of drug-likeness (QED) is 0.604. The molecule has 0 aliphatic carbocycles. The molecule has 0 aliphatic heterocycles. The number of H-pyrrole nitrogens is 1. The van der Waals surface area contributed by atoms with E-state index in [1.165, 1.54) is 12.0 Å². The molecule has 0 saturated carbocycles. The van der Waals surface area contributed by atoms with Crippen LogP contribution in [0.5, 0.6) is 0 Å². The Balaban J connectivity index is 2.71. The Morgan fingerprint density at radius 1 is 1.81 bits per heavy atom. The van der Waals surface area contributed by atoms with Crippen molar-refractivity contribution in [2.24, 2.45) is 0 Å². The summed E-state index contributed by atoms with van der Waals surface area (Å²) in [5, 5.41) is 0. The van der Waals surface area contributed by atoms with Crippen LogP contribution >= 0.6 is 12.2 Å². The summed E-state index contributed by atoms with van der Waals surface area (Å²) in [6, 6.07) is -0.511. The monoisotopic (exact) mass is 239 g/mol. The molecule has 0 unspecified atom stereocenters. The van der Waals surface area contributed by atoms with Gasteiger partial charge in [-0.15, -0.1) is 0 Å². The highest BCUT2D eigenvalue weighted by atomic mass is 32.1. The van der Waals surface area contributed by atoms with Gasteiger partial charge in [0.1, 0.15) is 12.5 Å². The van der Waals surface area contributed by atoms with E-state index in [-0.39, 0.29) is 11.2 Å². The highest BCUT2D eigenvalue weighted by Gasteiger charge is 2.04. The Bertz CT molecular complexity index is 462. The summed E-state index contributed by atoms with van der Waals surface area (Å²) in [6.45, 7) is 1.96. The van der Waals surface area contributed by atoms with Crippen molar-refractivity contribution < 1.29 is 9.04 Å². The average molecular weight is 239 g/mol. The van der Waals surface area contributed by atoms with Gasteiger partial charge in [-0.1, -0.05) is 19.0 Å². The van der Waals surface area contributed by atoms with E-state index in [1.807, 2.05) is 0 Å². The molecule has 4 nitrogen and oxygen atoms in total. The third-order valence-electron chi connectivity index (χ3n) is 1.93. The standard InChI is InChI=1S/C8H10B2FN2O2S/c1-10-15-6(9)2-3-13-4-5(11)7(16)12-8(13)14/h4,6H,2-3H2,1H3,(H,12,14,16)/t6-/m0/s1. The van der Waals surface area contributed by atoms with Gasteiger partial charge in [-0.25, -0.2) is 9.18 Å². The lowest BCUT2D eigenvalue weighted by Gasteiger charge is -2.12. The van der Waals surface area contributed by atoms with Gasteiger partial charge in [0, 0.05) is 18.7 Å². The van der Waals surface area contributed by atoms with Crippen LogP contribution in [-0.2, 0) is 11.2 Å². The molecule has 1 heterocycles. The molecular weight excluding hydrogens is 229 g/mol. The van der Waals surface area contributed by atoms with Crippen molar-refractivity contribution in [3.05, 3.63) is 27.1 Å². The van der Waals surface area contributed by atoms with Crippen LogP contribution in [0.25, 0.3) is 0 Å². The summed E-state index contributed by atoms with van der Waals surface area (Å²) in [5.41, 5.74) is -0.459. The fourth-order valence-electron chi connectivity index (χ4n) is 1.16. The minimum Gasteiger partial charge on any atom is -0.446 e. The first-order chi connectivity index (χ1) is 7.54. The van der Waals surface area contributed by atoms with Crippen molar-refractivity contribution in [2.45, 2.75) is 25.8 Å². The zero-order chi connectivity index (χ0) is 12.1. The molecule has 16 heavy (non-hydrogen) atoms. The number of aromatic amines is 1. The smallest absolute Gasteiger partial charge is 0.326 e. The lowest BCUT2D eigenvalue weighted by atomic mass is 9.93. The number of hydrogen-bond acceptors (Lipinski definition) is 3. The van der Waals surface area contributed by atoms with Crippen molar-refractivity contribution in [2.75, 3.05) is 0 Å². The van der Waals surface area contributed by atoms with E-state index in [4.69, 9.17) is 12.5 Å². The molecule has 0 aromatic carbocycles. The fraction of sp³-hybridized carbons (Fsp3) is 0.500. The minimum absolute atomic E-state index is 0.191. The maximum absolute atomic E-state index is 13.1. The highest BCUT2D eigenvalue weighted by Crippen LogP contribution is 1.98. The first-order valence-corrected chi connectivity index (χ1v) is 5.13. The second-order valence-electron chi connectivity index (χ2n) is 3.13. The topological polar surface area (TPSA) is 47.0 Å². The number of nitrogens with one attached hydrogen (secondary N) is 1. The SMILES string of the molecule is [B][C@H](CCn1cc(F)c(=S)[nH]c1=O)O[B]C. The van der Waals surface area contributed by atoms with Crippen molar-refractivity contribution in [1.29, 1.82) is 0 Å². The van der Waals surface area contributed by atoms with E-state index in [9.17, 15) is 9.18 Å². The Morgan fingerprint density at radius 2 is 2.50 bits per heavy atom. The molecule has 1 N–H and O–H groups in total. The van der Waals surface area contributed by atoms with Crippen LogP contribution in [-0.4, -0.2) is 30.9 Å². The number of rotatable bonds is 5. The van der Waals surface area contributed by atoms with Crippen molar-refractivity contribution >= 4 is 27.5 Å². The van der Waals surface area contributed by atoms with Gasteiger partial charge in [-0.2, -0.15) is 0 Å². The van der Waals surface area contributed by atoms with Gasteiger partial charge in [0.25, 0.3) is 7.48 Å². The molecular formula is C8H10B2FN2O2S. The first kappa shape index (κ1) is 13.2. The Kier molecular flexibility index (Phi) is 4.95. The summed E-state index contributed by atoms with van der Waals surface area (Å²) in [4.78, 5) is 13.6. The van der Waals surface area contributed by atoms with Crippen LogP contribution in [0.2, 0.25) is 6.82 Å². The molecule has 1 rings (SSSR count). The summed E-state index contributed by atoms with van der Waals surface area (Å²) < 4.78 is 19.0. The zero-order valence-corrected chi connectivity index (χ0v) is 9.59. The van der Waals surface area contributed by atoms with Crippen LogP contribution in [0.1, 0.15) is 6.42 Å².